The van der Waals surface area contributed by atoms with Gasteiger partial charge in [-0.3, -0.25) is 0 Å². The third kappa shape index (κ3) is 2.28. The minimum Gasteiger partial charge on any atom is -0.381 e. The molecule has 0 unspecified atom stereocenters. The van der Waals surface area contributed by atoms with Crippen molar-refractivity contribution in [3.63, 3.8) is 0 Å². The van der Waals surface area contributed by atoms with E-state index in [1.807, 2.05) is 12.1 Å². The predicted octanol–water partition coefficient (Wildman–Crippen LogP) is 2.96. The Balaban J connectivity index is 2.35. The van der Waals surface area contributed by atoms with Gasteiger partial charge in [-0.2, -0.15) is 0 Å². The first-order valence-corrected chi connectivity index (χ1v) is 5.70. The third-order valence-corrected chi connectivity index (χ3v) is 3.40. The summed E-state index contributed by atoms with van der Waals surface area (Å²) < 4.78 is 5.30. The molecular weight excluding hydrogens is 233 g/mol. The van der Waals surface area contributed by atoms with Crippen LogP contribution in [0.15, 0.2) is 18.2 Å². The molecule has 0 spiro atoms. The van der Waals surface area contributed by atoms with E-state index in [-0.39, 0.29) is 5.54 Å². The monoisotopic (exact) mass is 245 g/mol. The van der Waals surface area contributed by atoms with Crippen LogP contribution in [0.4, 0.5) is 0 Å². The molecular formula is C11H13Cl2NO. The van der Waals surface area contributed by atoms with E-state index in [2.05, 4.69) is 0 Å². The van der Waals surface area contributed by atoms with Crippen LogP contribution in [0, 0.1) is 0 Å². The van der Waals surface area contributed by atoms with Gasteiger partial charge in [0, 0.05) is 28.8 Å². The first-order chi connectivity index (χ1) is 7.12. The van der Waals surface area contributed by atoms with Gasteiger partial charge in [-0.1, -0.05) is 29.3 Å². The van der Waals surface area contributed by atoms with Crippen LogP contribution in [0.25, 0.3) is 0 Å². The average Bonchev–Trinajstić information content (AvgIpc) is 2.18. The van der Waals surface area contributed by atoms with Gasteiger partial charge in [0.15, 0.2) is 0 Å². The number of nitrogens with two attached hydrogens (primary N) is 1. The van der Waals surface area contributed by atoms with Gasteiger partial charge in [-0.25, -0.2) is 0 Å². The lowest BCUT2D eigenvalue weighted by Crippen LogP contribution is -2.42. The summed E-state index contributed by atoms with van der Waals surface area (Å²) in [4.78, 5) is 0. The minimum absolute atomic E-state index is 0.361. The first kappa shape index (κ1) is 11.2. The van der Waals surface area contributed by atoms with Crippen LogP contribution in [0.3, 0.4) is 0 Å². The fourth-order valence-corrected chi connectivity index (χ4v) is 2.49. The Morgan fingerprint density at radius 2 is 1.87 bits per heavy atom. The quantitative estimate of drug-likeness (QED) is 0.826. The second kappa shape index (κ2) is 4.30. The van der Waals surface area contributed by atoms with Gasteiger partial charge in [0.2, 0.25) is 0 Å². The predicted molar refractivity (Wildman–Crippen MR) is 62.4 cm³/mol. The molecule has 0 atom stereocenters. The lowest BCUT2D eigenvalue weighted by atomic mass is 9.84. The van der Waals surface area contributed by atoms with E-state index in [0.29, 0.717) is 23.3 Å². The highest BCUT2D eigenvalue weighted by atomic mass is 35.5. The molecule has 1 aromatic carbocycles. The second-order valence-corrected chi connectivity index (χ2v) is 4.74. The fraction of sp³-hybridized carbons (Fsp3) is 0.455. The Bertz CT molecular complexity index is 362. The van der Waals surface area contributed by atoms with Gasteiger partial charge in [0.1, 0.15) is 0 Å². The molecule has 2 N–H and O–H groups in total. The molecule has 0 saturated carbocycles. The molecule has 15 heavy (non-hydrogen) atoms. The SMILES string of the molecule is NC1(c2ccc(Cl)cc2Cl)CCOCC1. The van der Waals surface area contributed by atoms with E-state index >= 15 is 0 Å². The number of rotatable bonds is 1. The lowest BCUT2D eigenvalue weighted by molar-refractivity contribution is 0.0523. The van der Waals surface area contributed by atoms with Crippen LogP contribution < -0.4 is 5.73 Å². The summed E-state index contributed by atoms with van der Waals surface area (Å²) in [7, 11) is 0. The number of hydrogen-bond acceptors (Lipinski definition) is 2. The van der Waals surface area contributed by atoms with Gasteiger partial charge in [-0.05, 0) is 30.5 Å². The molecule has 2 rings (SSSR count). The van der Waals surface area contributed by atoms with Crippen molar-refractivity contribution in [3.8, 4) is 0 Å². The van der Waals surface area contributed by atoms with E-state index in [0.717, 1.165) is 18.4 Å². The van der Waals surface area contributed by atoms with Gasteiger partial charge >= 0.3 is 0 Å². The number of benzene rings is 1. The third-order valence-electron chi connectivity index (χ3n) is 2.85. The first-order valence-electron chi connectivity index (χ1n) is 4.94. The summed E-state index contributed by atoms with van der Waals surface area (Å²) >= 11 is 12.0. The summed E-state index contributed by atoms with van der Waals surface area (Å²) in [6, 6.07) is 5.48. The topological polar surface area (TPSA) is 35.2 Å². The fourth-order valence-electron chi connectivity index (χ4n) is 1.90. The standard InChI is InChI=1S/C11H13Cl2NO/c12-8-1-2-9(10(13)7-8)11(14)3-5-15-6-4-11/h1-2,7H,3-6,14H2. The highest BCUT2D eigenvalue weighted by molar-refractivity contribution is 6.35. The van der Waals surface area contributed by atoms with Crippen molar-refractivity contribution in [2.24, 2.45) is 5.73 Å². The number of halogens is 2. The Kier molecular flexibility index (Phi) is 3.21. The van der Waals surface area contributed by atoms with Crippen molar-refractivity contribution in [2.45, 2.75) is 18.4 Å². The normalized spacial score (nSPS) is 20.2. The van der Waals surface area contributed by atoms with Gasteiger partial charge in [0.05, 0.1) is 0 Å². The minimum atomic E-state index is -0.361. The van der Waals surface area contributed by atoms with E-state index < -0.39 is 0 Å². The summed E-state index contributed by atoms with van der Waals surface area (Å²) in [6.45, 7) is 1.38. The van der Waals surface area contributed by atoms with Crippen LogP contribution >= 0.6 is 23.2 Å². The zero-order chi connectivity index (χ0) is 10.9. The van der Waals surface area contributed by atoms with E-state index in [1.165, 1.54) is 0 Å². The van der Waals surface area contributed by atoms with Crippen molar-refractivity contribution >= 4 is 23.2 Å². The molecule has 2 nitrogen and oxygen atoms in total. The molecule has 1 heterocycles. The molecule has 1 saturated heterocycles. The molecule has 1 aromatic rings. The van der Waals surface area contributed by atoms with Crippen LogP contribution in [0.5, 0.6) is 0 Å². The van der Waals surface area contributed by atoms with Crippen LogP contribution in [0.1, 0.15) is 18.4 Å². The molecule has 0 amide bonds. The van der Waals surface area contributed by atoms with Gasteiger partial charge in [0.25, 0.3) is 0 Å². The Labute approximate surface area is 99.3 Å². The van der Waals surface area contributed by atoms with Crippen molar-refractivity contribution in [1.29, 1.82) is 0 Å². The largest absolute Gasteiger partial charge is 0.381 e. The molecule has 1 aliphatic rings. The Hall–Kier alpha value is -0.280. The van der Waals surface area contributed by atoms with E-state index in [1.54, 1.807) is 6.07 Å². The summed E-state index contributed by atoms with van der Waals surface area (Å²) in [6.07, 6.45) is 1.60. The van der Waals surface area contributed by atoms with Gasteiger partial charge < -0.3 is 10.5 Å². The van der Waals surface area contributed by atoms with Gasteiger partial charge in [-0.15, -0.1) is 0 Å². The molecule has 82 valence electrons. The molecule has 0 aliphatic carbocycles. The maximum absolute atomic E-state index is 6.32. The maximum Gasteiger partial charge on any atom is 0.0486 e. The molecule has 0 bridgehead atoms. The Morgan fingerprint density at radius 1 is 1.20 bits per heavy atom. The second-order valence-electron chi connectivity index (χ2n) is 3.89. The maximum atomic E-state index is 6.32. The van der Waals surface area contributed by atoms with E-state index in [9.17, 15) is 0 Å². The van der Waals surface area contributed by atoms with Crippen molar-refractivity contribution in [1.82, 2.24) is 0 Å². The zero-order valence-electron chi connectivity index (χ0n) is 8.30. The lowest BCUT2D eigenvalue weighted by Gasteiger charge is -2.34. The molecule has 0 radical (unpaired) electrons. The smallest absolute Gasteiger partial charge is 0.0486 e. The van der Waals surface area contributed by atoms with Crippen LogP contribution in [0.2, 0.25) is 10.0 Å². The van der Waals surface area contributed by atoms with E-state index in [4.69, 9.17) is 33.7 Å². The molecule has 4 heteroatoms. The highest BCUT2D eigenvalue weighted by Crippen LogP contribution is 2.35. The zero-order valence-corrected chi connectivity index (χ0v) is 9.81. The van der Waals surface area contributed by atoms with Crippen LogP contribution in [-0.2, 0) is 10.3 Å². The summed E-state index contributed by atoms with van der Waals surface area (Å²) in [5, 5.41) is 1.28. The molecule has 1 fully saturated rings. The Morgan fingerprint density at radius 3 is 2.47 bits per heavy atom. The van der Waals surface area contributed by atoms with Crippen molar-refractivity contribution in [2.75, 3.05) is 13.2 Å². The van der Waals surface area contributed by atoms with Crippen molar-refractivity contribution in [3.05, 3.63) is 33.8 Å². The molecule has 1 aliphatic heterocycles. The average molecular weight is 246 g/mol. The highest BCUT2D eigenvalue weighted by Gasteiger charge is 2.31. The number of hydrogen-bond donors (Lipinski definition) is 1. The number of ether oxygens (including phenoxy) is 1. The molecule has 0 aromatic heterocycles. The van der Waals surface area contributed by atoms with Crippen LogP contribution in [-0.4, -0.2) is 13.2 Å². The van der Waals surface area contributed by atoms with Crippen molar-refractivity contribution < 1.29 is 4.74 Å². The summed E-state index contributed by atoms with van der Waals surface area (Å²) in [5.74, 6) is 0. The summed E-state index contributed by atoms with van der Waals surface area (Å²) in [5.41, 5.74) is 6.93.